The lowest BCUT2D eigenvalue weighted by Crippen LogP contribution is -2.37. The number of benzene rings is 3. The number of hydrogen-bond donors (Lipinski definition) is 0. The van der Waals surface area contributed by atoms with Crippen LogP contribution in [0.1, 0.15) is 17.5 Å². The fraction of sp³-hybridized carbons (Fsp3) is 0.120. The van der Waals surface area contributed by atoms with Crippen molar-refractivity contribution in [3.8, 4) is 0 Å². The second kappa shape index (κ2) is 7.47. The third kappa shape index (κ3) is 3.11. The van der Waals surface area contributed by atoms with E-state index in [1.54, 1.807) is 24.3 Å². The first-order chi connectivity index (χ1) is 15.1. The van der Waals surface area contributed by atoms with Gasteiger partial charge in [-0.1, -0.05) is 48.5 Å². The van der Waals surface area contributed by atoms with Crippen molar-refractivity contribution in [2.24, 2.45) is 0 Å². The van der Waals surface area contributed by atoms with Gasteiger partial charge in [0.15, 0.2) is 0 Å². The predicted octanol–water partition coefficient (Wildman–Crippen LogP) is 4.70. The number of halogens is 2. The number of carbonyl (C=O) groups is 2. The molecule has 0 spiro atoms. The van der Waals surface area contributed by atoms with Crippen LogP contribution in [-0.4, -0.2) is 18.4 Å². The average Bonchev–Trinajstić information content (AvgIpc) is 3.04. The van der Waals surface area contributed by atoms with E-state index in [9.17, 15) is 18.4 Å². The highest BCUT2D eigenvalue weighted by molar-refractivity contribution is 6.46. The quantitative estimate of drug-likeness (QED) is 0.581. The molecule has 0 N–H and O–H groups in total. The maximum absolute atomic E-state index is 14.6. The first kappa shape index (κ1) is 19.2. The van der Waals surface area contributed by atoms with Crippen molar-refractivity contribution < 1.29 is 18.4 Å². The van der Waals surface area contributed by atoms with Crippen LogP contribution in [0.3, 0.4) is 0 Å². The first-order valence-corrected chi connectivity index (χ1v) is 10.1. The lowest BCUT2D eigenvalue weighted by Gasteiger charge is -2.32. The highest BCUT2D eigenvalue weighted by atomic mass is 19.1. The van der Waals surface area contributed by atoms with Gasteiger partial charge in [0.1, 0.15) is 17.3 Å². The van der Waals surface area contributed by atoms with Crippen LogP contribution in [0.15, 0.2) is 78.5 Å². The molecule has 3 aromatic carbocycles. The second-order valence-electron chi connectivity index (χ2n) is 7.51. The summed E-state index contributed by atoms with van der Waals surface area (Å²) in [5.41, 5.74) is 2.69. The molecule has 0 atom stereocenters. The number of nitrogens with zero attached hydrogens (tertiary/aromatic N) is 2. The summed E-state index contributed by atoms with van der Waals surface area (Å²) in [7, 11) is 0. The Labute approximate surface area is 178 Å². The second-order valence-corrected chi connectivity index (χ2v) is 7.51. The zero-order chi connectivity index (χ0) is 21.5. The third-order valence-electron chi connectivity index (χ3n) is 5.65. The minimum absolute atomic E-state index is 0.214. The number of carbonyl (C=O) groups excluding carboxylic acids is 2. The lowest BCUT2D eigenvalue weighted by atomic mass is 9.98. The van der Waals surface area contributed by atoms with E-state index in [1.165, 1.54) is 0 Å². The number of anilines is 2. The Kier molecular flexibility index (Phi) is 4.62. The van der Waals surface area contributed by atoms with Gasteiger partial charge in [0, 0.05) is 18.3 Å². The molecular weight excluding hydrogens is 398 g/mol. The summed E-state index contributed by atoms with van der Waals surface area (Å²) in [5.74, 6) is -2.98. The van der Waals surface area contributed by atoms with Crippen LogP contribution in [0.5, 0.6) is 0 Å². The molecule has 0 aromatic heterocycles. The SMILES string of the molecule is O=C1C(c2ccccc2)=C(N2CCCc3ccccc32)C(=O)N1c1ccc(F)cc1F. The highest BCUT2D eigenvalue weighted by Crippen LogP contribution is 2.40. The zero-order valence-corrected chi connectivity index (χ0v) is 16.5. The standard InChI is InChI=1S/C25H18F2N2O2/c26-18-12-13-21(19(27)15-18)29-24(30)22(17-8-2-1-3-9-17)23(25(29)31)28-14-6-10-16-7-4-5-11-20(16)28/h1-5,7-9,11-13,15H,6,10,14H2. The molecule has 2 heterocycles. The van der Waals surface area contributed by atoms with E-state index in [-0.39, 0.29) is 17.0 Å². The van der Waals surface area contributed by atoms with Crippen LogP contribution in [0, 0.1) is 11.6 Å². The molecular formula is C25H18F2N2O2. The topological polar surface area (TPSA) is 40.6 Å². The zero-order valence-electron chi connectivity index (χ0n) is 16.5. The number of hydrogen-bond acceptors (Lipinski definition) is 3. The molecule has 0 fully saturated rings. The summed E-state index contributed by atoms with van der Waals surface area (Å²) in [5, 5.41) is 0. The molecule has 0 saturated carbocycles. The van der Waals surface area contributed by atoms with Crippen molar-refractivity contribution in [2.75, 3.05) is 16.3 Å². The fourth-order valence-electron chi connectivity index (χ4n) is 4.28. The van der Waals surface area contributed by atoms with E-state index in [0.29, 0.717) is 18.2 Å². The Bertz CT molecular complexity index is 1240. The Morgan fingerprint density at radius 3 is 2.29 bits per heavy atom. The van der Waals surface area contributed by atoms with E-state index < -0.39 is 23.4 Å². The number of aryl methyl sites for hydroxylation is 1. The van der Waals surface area contributed by atoms with E-state index >= 15 is 0 Å². The summed E-state index contributed by atoms with van der Waals surface area (Å²) in [6.45, 7) is 0.557. The predicted molar refractivity (Wildman–Crippen MR) is 114 cm³/mol. The maximum atomic E-state index is 14.6. The Morgan fingerprint density at radius 1 is 0.774 bits per heavy atom. The molecule has 4 nitrogen and oxygen atoms in total. The molecule has 2 amide bonds. The average molecular weight is 416 g/mol. The molecule has 0 unspecified atom stereocenters. The van der Waals surface area contributed by atoms with Crippen LogP contribution in [0.4, 0.5) is 20.2 Å². The van der Waals surface area contributed by atoms with Crippen molar-refractivity contribution in [1.29, 1.82) is 0 Å². The molecule has 154 valence electrons. The van der Waals surface area contributed by atoms with Gasteiger partial charge in [-0.05, 0) is 42.2 Å². The Hall–Kier alpha value is -3.80. The lowest BCUT2D eigenvalue weighted by molar-refractivity contribution is -0.120. The van der Waals surface area contributed by atoms with Crippen molar-refractivity contribution in [3.63, 3.8) is 0 Å². The van der Waals surface area contributed by atoms with Crippen LogP contribution in [0.2, 0.25) is 0 Å². The number of amides is 2. The molecule has 2 aliphatic heterocycles. The number of fused-ring (bicyclic) bond motifs is 1. The van der Waals surface area contributed by atoms with Gasteiger partial charge in [0.25, 0.3) is 11.8 Å². The molecule has 0 radical (unpaired) electrons. The van der Waals surface area contributed by atoms with Gasteiger partial charge in [-0.2, -0.15) is 0 Å². The summed E-state index contributed by atoms with van der Waals surface area (Å²) in [6, 6.07) is 19.5. The minimum Gasteiger partial charge on any atom is -0.336 e. The van der Waals surface area contributed by atoms with Crippen molar-refractivity contribution in [1.82, 2.24) is 0 Å². The minimum atomic E-state index is -0.964. The van der Waals surface area contributed by atoms with Crippen molar-refractivity contribution in [2.45, 2.75) is 12.8 Å². The third-order valence-corrected chi connectivity index (χ3v) is 5.65. The molecule has 0 bridgehead atoms. The molecule has 2 aliphatic rings. The summed E-state index contributed by atoms with van der Waals surface area (Å²) in [4.78, 5) is 29.7. The van der Waals surface area contributed by atoms with Gasteiger partial charge in [-0.25, -0.2) is 13.7 Å². The van der Waals surface area contributed by atoms with Crippen LogP contribution < -0.4 is 9.80 Å². The highest BCUT2D eigenvalue weighted by Gasteiger charge is 2.44. The number of para-hydroxylation sites is 1. The van der Waals surface area contributed by atoms with Gasteiger partial charge in [-0.3, -0.25) is 9.59 Å². The van der Waals surface area contributed by atoms with E-state index in [2.05, 4.69) is 0 Å². The molecule has 0 saturated heterocycles. The Balaban J connectivity index is 1.70. The summed E-state index contributed by atoms with van der Waals surface area (Å²) in [6.07, 6.45) is 1.69. The largest absolute Gasteiger partial charge is 0.336 e. The van der Waals surface area contributed by atoms with Crippen LogP contribution >= 0.6 is 0 Å². The number of imide groups is 1. The fourth-order valence-corrected chi connectivity index (χ4v) is 4.28. The maximum Gasteiger partial charge on any atom is 0.282 e. The molecule has 5 rings (SSSR count). The molecule has 3 aromatic rings. The van der Waals surface area contributed by atoms with Gasteiger partial charge in [-0.15, -0.1) is 0 Å². The van der Waals surface area contributed by atoms with E-state index in [4.69, 9.17) is 0 Å². The molecule has 6 heteroatoms. The van der Waals surface area contributed by atoms with Gasteiger partial charge in [0.2, 0.25) is 0 Å². The Morgan fingerprint density at radius 2 is 1.52 bits per heavy atom. The van der Waals surface area contributed by atoms with Gasteiger partial charge >= 0.3 is 0 Å². The van der Waals surface area contributed by atoms with E-state index in [0.717, 1.165) is 41.1 Å². The normalized spacial score (nSPS) is 16.2. The molecule has 31 heavy (non-hydrogen) atoms. The monoisotopic (exact) mass is 416 g/mol. The first-order valence-electron chi connectivity index (χ1n) is 10.1. The molecule has 0 aliphatic carbocycles. The smallest absolute Gasteiger partial charge is 0.282 e. The number of rotatable bonds is 3. The van der Waals surface area contributed by atoms with Crippen LogP contribution in [0.25, 0.3) is 5.57 Å². The van der Waals surface area contributed by atoms with Crippen molar-refractivity contribution >= 4 is 28.8 Å². The van der Waals surface area contributed by atoms with Crippen molar-refractivity contribution in [3.05, 3.63) is 101 Å². The van der Waals surface area contributed by atoms with Crippen LogP contribution in [-0.2, 0) is 16.0 Å². The summed E-state index contributed by atoms with van der Waals surface area (Å²) >= 11 is 0. The van der Waals surface area contributed by atoms with Gasteiger partial charge < -0.3 is 4.90 Å². The van der Waals surface area contributed by atoms with Gasteiger partial charge in [0.05, 0.1) is 11.3 Å². The van der Waals surface area contributed by atoms with E-state index in [1.807, 2.05) is 35.2 Å². The summed E-state index contributed by atoms with van der Waals surface area (Å²) < 4.78 is 28.0.